The number of benzene rings is 12. The molecule has 0 radical (unpaired) electrons. The summed E-state index contributed by atoms with van der Waals surface area (Å²) in [5.74, 6) is 0. The van der Waals surface area contributed by atoms with Gasteiger partial charge in [-0.25, -0.2) is 0 Å². The molecule has 0 aliphatic heterocycles. The van der Waals surface area contributed by atoms with Gasteiger partial charge in [-0.05, 0) is 150 Å². The Morgan fingerprint density at radius 1 is 0.237 bits per heavy atom. The van der Waals surface area contributed by atoms with Gasteiger partial charge in [-0.15, -0.1) is 0 Å². The maximum atomic E-state index is 6.23. The van der Waals surface area contributed by atoms with Gasteiger partial charge in [0.15, 0.2) is 0 Å². The molecule has 2 heteroatoms. The molecule has 356 valence electrons. The lowest BCUT2D eigenvalue weighted by Gasteiger charge is -2.35. The molecule has 2 aliphatic carbocycles. The van der Waals surface area contributed by atoms with E-state index in [9.17, 15) is 0 Å². The van der Waals surface area contributed by atoms with E-state index in [1.165, 1.54) is 72.3 Å². The third kappa shape index (κ3) is 6.54. The Morgan fingerprint density at radius 2 is 0.684 bits per heavy atom. The number of fused-ring (bicyclic) bond motifs is 9. The summed E-state index contributed by atoms with van der Waals surface area (Å²) < 4.78 is 6.23. The lowest BCUT2D eigenvalue weighted by atomic mass is 9.67. The van der Waals surface area contributed by atoms with Crippen LogP contribution in [-0.4, -0.2) is 0 Å². The van der Waals surface area contributed by atoms with Crippen LogP contribution in [0.25, 0.3) is 66.4 Å². The van der Waals surface area contributed by atoms with Crippen LogP contribution < -0.4 is 4.90 Å². The Kier molecular flexibility index (Phi) is 10.0. The summed E-state index contributed by atoms with van der Waals surface area (Å²) in [6.07, 6.45) is 0. The molecule has 1 aromatic heterocycles. The monoisotopic (exact) mass is 967 g/mol. The predicted molar refractivity (Wildman–Crippen MR) is 314 cm³/mol. The molecule has 12 aromatic carbocycles. The van der Waals surface area contributed by atoms with Crippen molar-refractivity contribution >= 4 is 39.0 Å². The minimum absolute atomic E-state index is 0.461. The van der Waals surface area contributed by atoms with Crippen molar-refractivity contribution in [3.8, 4) is 44.5 Å². The van der Waals surface area contributed by atoms with Gasteiger partial charge < -0.3 is 9.32 Å². The number of rotatable bonds is 9. The van der Waals surface area contributed by atoms with Crippen molar-refractivity contribution in [2.45, 2.75) is 10.8 Å². The van der Waals surface area contributed by atoms with E-state index < -0.39 is 10.8 Å². The van der Waals surface area contributed by atoms with Gasteiger partial charge in [0, 0.05) is 27.8 Å². The zero-order valence-corrected chi connectivity index (χ0v) is 41.6. The predicted octanol–water partition coefficient (Wildman–Crippen LogP) is 19.1. The SMILES string of the molecule is c1ccc(C2(c3ccccc3)c3ccccc3-c3cc(-c4cccc(N(c5ccc(-c6ccc7oc8ccccc8c7c6)cc5)c5ccc6c(c5)C(c5ccccc5)(c5ccccc5)c5ccccc5-6)c4)ccc32)cc1. The van der Waals surface area contributed by atoms with E-state index in [0.29, 0.717) is 0 Å². The Morgan fingerprint density at radius 3 is 1.33 bits per heavy atom. The fraction of sp³-hybridized carbons (Fsp3) is 0.0270. The normalized spacial score (nSPS) is 13.5. The molecule has 2 nitrogen and oxygen atoms in total. The highest BCUT2D eigenvalue weighted by molar-refractivity contribution is 6.06. The van der Waals surface area contributed by atoms with Crippen molar-refractivity contribution < 1.29 is 4.42 Å². The second-order valence-electron chi connectivity index (χ2n) is 20.3. The first-order valence-electron chi connectivity index (χ1n) is 26.3. The van der Waals surface area contributed by atoms with Crippen molar-refractivity contribution in [3.05, 3.63) is 342 Å². The third-order valence-electron chi connectivity index (χ3n) is 16.4. The first-order valence-corrected chi connectivity index (χ1v) is 26.3. The fourth-order valence-corrected chi connectivity index (χ4v) is 13.2. The molecular weight excluding hydrogens is 919 g/mol. The zero-order valence-electron chi connectivity index (χ0n) is 41.6. The maximum Gasteiger partial charge on any atom is 0.135 e. The van der Waals surface area contributed by atoms with E-state index in [1.54, 1.807) is 0 Å². The molecule has 0 unspecified atom stereocenters. The van der Waals surface area contributed by atoms with Crippen molar-refractivity contribution in [2.24, 2.45) is 0 Å². The lowest BCUT2D eigenvalue weighted by molar-refractivity contribution is 0.669. The van der Waals surface area contributed by atoms with Crippen LogP contribution in [0.1, 0.15) is 44.5 Å². The molecule has 0 bridgehead atoms. The Labute approximate surface area is 443 Å². The van der Waals surface area contributed by atoms with Crippen LogP contribution in [0.2, 0.25) is 0 Å². The van der Waals surface area contributed by atoms with Gasteiger partial charge in [-0.3, -0.25) is 0 Å². The smallest absolute Gasteiger partial charge is 0.135 e. The van der Waals surface area contributed by atoms with Crippen LogP contribution in [0, 0.1) is 0 Å². The van der Waals surface area contributed by atoms with Crippen LogP contribution in [-0.2, 0) is 10.8 Å². The van der Waals surface area contributed by atoms with Gasteiger partial charge in [0.05, 0.1) is 10.8 Å². The van der Waals surface area contributed by atoms with Gasteiger partial charge in [0.2, 0.25) is 0 Å². The number of furan rings is 1. The summed E-state index contributed by atoms with van der Waals surface area (Å²) in [7, 11) is 0. The molecule has 0 saturated heterocycles. The summed E-state index contributed by atoms with van der Waals surface area (Å²) in [5, 5.41) is 2.25. The molecule has 0 atom stereocenters. The Bertz CT molecular complexity index is 4250. The summed E-state index contributed by atoms with van der Waals surface area (Å²) in [6.45, 7) is 0. The largest absolute Gasteiger partial charge is 0.456 e. The van der Waals surface area contributed by atoms with E-state index >= 15 is 0 Å². The average Bonchev–Trinajstić information content (AvgIpc) is 4.20. The summed E-state index contributed by atoms with van der Waals surface area (Å²) in [6, 6.07) is 110. The molecule has 2 aliphatic rings. The highest BCUT2D eigenvalue weighted by atomic mass is 16.3. The first kappa shape index (κ1) is 43.8. The second-order valence-corrected chi connectivity index (χ2v) is 20.3. The molecule has 1 heterocycles. The molecule has 0 amide bonds. The van der Waals surface area contributed by atoms with Gasteiger partial charge in [0.25, 0.3) is 0 Å². The third-order valence-corrected chi connectivity index (χ3v) is 16.4. The summed E-state index contributed by atoms with van der Waals surface area (Å²) in [4.78, 5) is 2.45. The Balaban J connectivity index is 0.910. The quantitative estimate of drug-likeness (QED) is 0.143. The van der Waals surface area contributed by atoms with Crippen LogP contribution in [0.5, 0.6) is 0 Å². The highest BCUT2D eigenvalue weighted by Crippen LogP contribution is 2.59. The molecule has 0 fully saturated rings. The minimum atomic E-state index is -0.548. The highest BCUT2D eigenvalue weighted by Gasteiger charge is 2.47. The van der Waals surface area contributed by atoms with E-state index in [-0.39, 0.29) is 0 Å². The van der Waals surface area contributed by atoms with Gasteiger partial charge in [0.1, 0.15) is 11.2 Å². The van der Waals surface area contributed by atoms with E-state index in [1.807, 2.05) is 12.1 Å². The molecule has 0 N–H and O–H groups in total. The summed E-state index contributed by atoms with van der Waals surface area (Å²) >= 11 is 0. The molecule has 15 rings (SSSR count). The van der Waals surface area contributed by atoms with Gasteiger partial charge in [-0.2, -0.15) is 0 Å². The standard InChI is InChI=1S/C74H49NO/c1-5-21-54(22-6-1)73(55-23-7-2-8-24-55)68-34-17-14-31-62(68)65-47-53(38-44-69(65)73)51-20-19-29-59(46-51)75(58-40-36-50(37-41-58)52-39-45-72-66(48-52)64-32-15-18-35-71(64)76-72)60-42-43-63-61-30-13-16-33-67(61)74(70(63)49-60,56-25-9-3-10-26-56)57-27-11-4-12-28-57/h1-49H. The summed E-state index contributed by atoms with van der Waals surface area (Å²) in [5.41, 5.74) is 23.8. The maximum absolute atomic E-state index is 6.23. The van der Waals surface area contributed by atoms with Gasteiger partial charge >= 0.3 is 0 Å². The number of hydrogen-bond donors (Lipinski definition) is 0. The van der Waals surface area contributed by atoms with E-state index in [0.717, 1.165) is 55.7 Å². The topological polar surface area (TPSA) is 16.4 Å². The number of anilines is 3. The van der Waals surface area contributed by atoms with Crippen LogP contribution in [0.15, 0.2) is 302 Å². The average molecular weight is 968 g/mol. The van der Waals surface area contributed by atoms with E-state index in [4.69, 9.17) is 4.42 Å². The molecular formula is C74H49NO. The molecule has 76 heavy (non-hydrogen) atoms. The first-order chi connectivity index (χ1) is 37.7. The fourth-order valence-electron chi connectivity index (χ4n) is 13.2. The number of nitrogens with zero attached hydrogens (tertiary/aromatic N) is 1. The lowest BCUT2D eigenvalue weighted by Crippen LogP contribution is -2.28. The number of hydrogen-bond acceptors (Lipinski definition) is 2. The molecule has 0 spiro atoms. The van der Waals surface area contributed by atoms with Crippen LogP contribution in [0.3, 0.4) is 0 Å². The van der Waals surface area contributed by atoms with Crippen molar-refractivity contribution in [3.63, 3.8) is 0 Å². The van der Waals surface area contributed by atoms with Crippen molar-refractivity contribution in [1.82, 2.24) is 0 Å². The molecule has 0 saturated carbocycles. The Hall–Kier alpha value is -9.76. The zero-order chi connectivity index (χ0) is 50.2. The second kappa shape index (κ2) is 17.4. The minimum Gasteiger partial charge on any atom is -0.456 e. The van der Waals surface area contributed by atoms with Crippen LogP contribution in [0.4, 0.5) is 17.1 Å². The van der Waals surface area contributed by atoms with Crippen molar-refractivity contribution in [1.29, 1.82) is 0 Å². The van der Waals surface area contributed by atoms with Crippen LogP contribution >= 0.6 is 0 Å². The van der Waals surface area contributed by atoms with Crippen molar-refractivity contribution in [2.75, 3.05) is 4.90 Å². The number of para-hydroxylation sites is 1. The molecule has 13 aromatic rings. The van der Waals surface area contributed by atoms with Gasteiger partial charge in [-0.1, -0.05) is 237 Å². The van der Waals surface area contributed by atoms with E-state index in [2.05, 4.69) is 290 Å².